The molecule has 110 valence electrons. The zero-order chi connectivity index (χ0) is 15.2. The Morgan fingerprint density at radius 2 is 2.10 bits per heavy atom. The van der Waals surface area contributed by atoms with Crippen LogP contribution < -0.4 is 5.32 Å². The van der Waals surface area contributed by atoms with E-state index in [1.807, 2.05) is 26.0 Å². The topological polar surface area (TPSA) is 61.6 Å². The van der Waals surface area contributed by atoms with E-state index in [4.69, 9.17) is 11.6 Å². The van der Waals surface area contributed by atoms with Crippen molar-refractivity contribution < 1.29 is 0 Å². The van der Waals surface area contributed by atoms with Gasteiger partial charge in [0.25, 0.3) is 0 Å². The highest BCUT2D eigenvalue weighted by Gasteiger charge is 2.13. The summed E-state index contributed by atoms with van der Waals surface area (Å²) >= 11 is 7.48. The Bertz CT molecular complexity index is 660. The maximum atomic E-state index is 9.40. The van der Waals surface area contributed by atoms with E-state index in [-0.39, 0.29) is 0 Å². The van der Waals surface area contributed by atoms with Gasteiger partial charge in [-0.05, 0) is 37.0 Å². The van der Waals surface area contributed by atoms with Crippen LogP contribution in [0.3, 0.4) is 0 Å². The van der Waals surface area contributed by atoms with Crippen LogP contribution in [0.2, 0.25) is 4.34 Å². The van der Waals surface area contributed by atoms with Crippen LogP contribution in [0.15, 0.2) is 12.1 Å². The molecule has 2 aromatic heterocycles. The Labute approximate surface area is 133 Å². The maximum Gasteiger partial charge on any atom is 0.166 e. The van der Waals surface area contributed by atoms with Crippen molar-refractivity contribution in [2.45, 2.75) is 33.1 Å². The first-order chi connectivity index (χ1) is 10.2. The molecule has 0 aromatic carbocycles. The number of nitrogens with zero attached hydrogens (tertiary/aromatic N) is 3. The number of halogens is 1. The number of rotatable bonds is 6. The van der Waals surface area contributed by atoms with E-state index in [2.05, 4.69) is 21.6 Å². The van der Waals surface area contributed by atoms with Gasteiger partial charge in [0.2, 0.25) is 0 Å². The van der Waals surface area contributed by atoms with E-state index >= 15 is 0 Å². The van der Waals surface area contributed by atoms with E-state index in [0.717, 1.165) is 34.9 Å². The standard InChI is InChI=1S/C15H17ClN4S/c1-3-11-12(9-17)15(20-19-13(11)4-2)18-8-7-10-5-6-14(16)21-10/h5-6H,3-4,7-8H2,1-2H3,(H,18,20). The van der Waals surface area contributed by atoms with Crippen molar-refractivity contribution in [3.63, 3.8) is 0 Å². The van der Waals surface area contributed by atoms with Crippen LogP contribution in [0, 0.1) is 11.3 Å². The summed E-state index contributed by atoms with van der Waals surface area (Å²) in [6.07, 6.45) is 2.43. The normalized spacial score (nSPS) is 10.4. The van der Waals surface area contributed by atoms with Crippen molar-refractivity contribution in [2.24, 2.45) is 0 Å². The third-order valence-electron chi connectivity index (χ3n) is 3.25. The molecule has 0 atom stereocenters. The first-order valence-corrected chi connectivity index (χ1v) is 8.15. The molecular weight excluding hydrogens is 304 g/mol. The van der Waals surface area contributed by atoms with Crippen molar-refractivity contribution in [3.05, 3.63) is 38.2 Å². The van der Waals surface area contributed by atoms with Gasteiger partial charge in [0, 0.05) is 11.4 Å². The van der Waals surface area contributed by atoms with Crippen molar-refractivity contribution in [3.8, 4) is 6.07 Å². The van der Waals surface area contributed by atoms with Crippen LogP contribution >= 0.6 is 22.9 Å². The van der Waals surface area contributed by atoms with Crippen molar-refractivity contribution in [1.29, 1.82) is 5.26 Å². The van der Waals surface area contributed by atoms with Gasteiger partial charge in [0.15, 0.2) is 5.82 Å². The van der Waals surface area contributed by atoms with Crippen LogP contribution in [-0.4, -0.2) is 16.7 Å². The molecule has 0 saturated heterocycles. The van der Waals surface area contributed by atoms with E-state index in [0.29, 0.717) is 17.9 Å². The van der Waals surface area contributed by atoms with E-state index in [1.165, 1.54) is 4.88 Å². The Hall–Kier alpha value is -1.64. The molecule has 0 aliphatic rings. The van der Waals surface area contributed by atoms with Gasteiger partial charge in [-0.15, -0.1) is 16.4 Å². The molecule has 0 radical (unpaired) electrons. The highest BCUT2D eigenvalue weighted by atomic mass is 35.5. The van der Waals surface area contributed by atoms with E-state index < -0.39 is 0 Å². The summed E-state index contributed by atoms with van der Waals surface area (Å²) in [6.45, 7) is 4.77. The fourth-order valence-electron chi connectivity index (χ4n) is 2.21. The third-order valence-corrected chi connectivity index (χ3v) is 4.54. The summed E-state index contributed by atoms with van der Waals surface area (Å²) in [4.78, 5) is 1.21. The van der Waals surface area contributed by atoms with Crippen molar-refractivity contribution in [1.82, 2.24) is 10.2 Å². The van der Waals surface area contributed by atoms with Crippen LogP contribution in [0.25, 0.3) is 0 Å². The number of aryl methyl sites for hydroxylation is 1. The van der Waals surface area contributed by atoms with Gasteiger partial charge in [0.05, 0.1) is 10.0 Å². The Kier molecular flexibility index (Phi) is 5.54. The minimum absolute atomic E-state index is 0.578. The molecule has 0 unspecified atom stereocenters. The number of thiophene rings is 1. The van der Waals surface area contributed by atoms with E-state index in [1.54, 1.807) is 11.3 Å². The molecule has 0 saturated carbocycles. The lowest BCUT2D eigenvalue weighted by molar-refractivity contribution is 0.867. The predicted molar refractivity (Wildman–Crippen MR) is 87.0 cm³/mol. The first-order valence-electron chi connectivity index (χ1n) is 6.96. The summed E-state index contributed by atoms with van der Waals surface area (Å²) in [7, 11) is 0. The lowest BCUT2D eigenvalue weighted by Gasteiger charge is -2.11. The number of hydrogen-bond donors (Lipinski definition) is 1. The lowest BCUT2D eigenvalue weighted by atomic mass is 10.0. The fraction of sp³-hybridized carbons (Fsp3) is 0.400. The average molecular weight is 321 g/mol. The zero-order valence-electron chi connectivity index (χ0n) is 12.1. The van der Waals surface area contributed by atoms with Gasteiger partial charge in [0.1, 0.15) is 11.6 Å². The van der Waals surface area contributed by atoms with Gasteiger partial charge in [-0.3, -0.25) is 0 Å². The lowest BCUT2D eigenvalue weighted by Crippen LogP contribution is -2.12. The minimum atomic E-state index is 0.578. The highest BCUT2D eigenvalue weighted by Crippen LogP contribution is 2.23. The van der Waals surface area contributed by atoms with Crippen LogP contribution in [-0.2, 0) is 19.3 Å². The van der Waals surface area contributed by atoms with Crippen LogP contribution in [0.1, 0.15) is 35.5 Å². The molecule has 0 fully saturated rings. The zero-order valence-corrected chi connectivity index (χ0v) is 13.7. The highest BCUT2D eigenvalue weighted by molar-refractivity contribution is 7.16. The molecule has 0 aliphatic carbocycles. The maximum absolute atomic E-state index is 9.40. The van der Waals surface area contributed by atoms with Gasteiger partial charge < -0.3 is 5.32 Å². The van der Waals surface area contributed by atoms with Gasteiger partial charge >= 0.3 is 0 Å². The molecule has 4 nitrogen and oxygen atoms in total. The Balaban J connectivity index is 2.11. The molecule has 6 heteroatoms. The third kappa shape index (κ3) is 3.72. The molecule has 0 bridgehead atoms. The van der Waals surface area contributed by atoms with Crippen LogP contribution in [0.5, 0.6) is 0 Å². The van der Waals surface area contributed by atoms with Crippen LogP contribution in [0.4, 0.5) is 5.82 Å². The predicted octanol–water partition coefficient (Wildman–Crippen LogP) is 3.84. The molecule has 21 heavy (non-hydrogen) atoms. The number of anilines is 1. The first kappa shape index (κ1) is 15.7. The smallest absolute Gasteiger partial charge is 0.166 e. The summed E-state index contributed by atoms with van der Waals surface area (Å²) < 4.78 is 0.795. The monoisotopic (exact) mass is 320 g/mol. The minimum Gasteiger partial charge on any atom is -0.367 e. The molecule has 2 aromatic rings. The van der Waals surface area contributed by atoms with Crippen molar-refractivity contribution >= 4 is 28.8 Å². The van der Waals surface area contributed by atoms with Crippen molar-refractivity contribution in [2.75, 3.05) is 11.9 Å². The fourth-order valence-corrected chi connectivity index (χ4v) is 3.29. The molecule has 0 spiro atoms. The van der Waals surface area contributed by atoms with Gasteiger partial charge in [-0.25, -0.2) is 0 Å². The summed E-state index contributed by atoms with van der Waals surface area (Å²) in [5.41, 5.74) is 2.52. The largest absolute Gasteiger partial charge is 0.367 e. The Morgan fingerprint density at radius 1 is 1.29 bits per heavy atom. The Morgan fingerprint density at radius 3 is 2.67 bits per heavy atom. The summed E-state index contributed by atoms with van der Waals surface area (Å²) in [5, 5.41) is 21.0. The molecule has 0 amide bonds. The second-order valence-corrected chi connectivity index (χ2v) is 6.35. The second-order valence-electron chi connectivity index (χ2n) is 4.55. The summed E-state index contributed by atoms with van der Waals surface area (Å²) in [5.74, 6) is 0.578. The number of nitriles is 1. The number of nitrogens with one attached hydrogen (secondary N) is 1. The molecule has 2 heterocycles. The molecule has 0 aliphatic heterocycles. The average Bonchev–Trinajstić information content (AvgIpc) is 2.91. The summed E-state index contributed by atoms with van der Waals surface area (Å²) in [6, 6.07) is 6.17. The SMILES string of the molecule is CCc1nnc(NCCc2ccc(Cl)s2)c(C#N)c1CC. The van der Waals surface area contributed by atoms with Gasteiger partial charge in [-0.1, -0.05) is 25.4 Å². The molecule has 1 N–H and O–H groups in total. The number of hydrogen-bond acceptors (Lipinski definition) is 5. The second kappa shape index (κ2) is 7.39. The van der Waals surface area contributed by atoms with Gasteiger partial charge in [-0.2, -0.15) is 10.4 Å². The molecule has 2 rings (SSSR count). The van der Waals surface area contributed by atoms with E-state index in [9.17, 15) is 5.26 Å². The quantitative estimate of drug-likeness (QED) is 0.878. The molecular formula is C15H17ClN4S. The number of aromatic nitrogens is 2.